The van der Waals surface area contributed by atoms with Crippen molar-refractivity contribution in [3.63, 3.8) is 0 Å². The van der Waals surface area contributed by atoms with Gasteiger partial charge in [0.1, 0.15) is 5.60 Å². The maximum atomic E-state index is 11.9. The minimum Gasteiger partial charge on any atom is -0.444 e. The molecule has 1 aromatic carbocycles. The Morgan fingerprint density at radius 1 is 1.25 bits per heavy atom. The second-order valence-corrected chi connectivity index (χ2v) is 6.88. The number of carbonyl (C=O) groups excluding carboxylic acids is 1. The summed E-state index contributed by atoms with van der Waals surface area (Å²) in [4.78, 5) is 17.8. The van der Waals surface area contributed by atoms with Gasteiger partial charge in [0, 0.05) is 25.6 Å². The number of hydrogen-bond acceptors (Lipinski definition) is 5. The molecule has 0 atom stereocenters. The van der Waals surface area contributed by atoms with Crippen LogP contribution in [0.1, 0.15) is 38.6 Å². The Bertz CT molecular complexity index is 672. The van der Waals surface area contributed by atoms with E-state index in [4.69, 9.17) is 9.26 Å². The molecule has 6 heteroatoms. The maximum Gasteiger partial charge on any atom is 0.410 e. The predicted molar refractivity (Wildman–Crippen MR) is 91.7 cm³/mol. The van der Waals surface area contributed by atoms with Gasteiger partial charge in [-0.2, -0.15) is 4.98 Å². The van der Waals surface area contributed by atoms with E-state index in [1.54, 1.807) is 11.9 Å². The molecule has 6 nitrogen and oxygen atoms in total. The number of rotatable bonds is 5. The van der Waals surface area contributed by atoms with Gasteiger partial charge in [0.2, 0.25) is 11.7 Å². The summed E-state index contributed by atoms with van der Waals surface area (Å²) in [5.41, 5.74) is 1.63. The standard InChI is InChI=1S/C18H25N3O3/c1-13-8-10-14(11-9-13)16-19-15(24-20-16)7-6-12-21(5)17(22)23-18(2,3)4/h8-11H,6-7,12H2,1-5H3. The van der Waals surface area contributed by atoms with Crippen LogP contribution in [0.25, 0.3) is 11.4 Å². The second-order valence-electron chi connectivity index (χ2n) is 6.88. The molecule has 130 valence electrons. The monoisotopic (exact) mass is 331 g/mol. The van der Waals surface area contributed by atoms with Crippen LogP contribution in [0.4, 0.5) is 4.79 Å². The van der Waals surface area contributed by atoms with Crippen LogP contribution in [0, 0.1) is 6.92 Å². The maximum absolute atomic E-state index is 11.9. The number of aryl methyl sites for hydroxylation is 2. The zero-order valence-corrected chi connectivity index (χ0v) is 15.0. The Kier molecular flexibility index (Phi) is 5.59. The first-order valence-corrected chi connectivity index (χ1v) is 8.08. The first kappa shape index (κ1) is 18.0. The summed E-state index contributed by atoms with van der Waals surface area (Å²) >= 11 is 0. The highest BCUT2D eigenvalue weighted by Crippen LogP contribution is 2.17. The molecule has 0 aliphatic heterocycles. The van der Waals surface area contributed by atoms with Crippen molar-refractivity contribution in [3.05, 3.63) is 35.7 Å². The summed E-state index contributed by atoms with van der Waals surface area (Å²) in [6.45, 7) is 8.15. The zero-order chi connectivity index (χ0) is 17.7. The molecular weight excluding hydrogens is 306 g/mol. The van der Waals surface area contributed by atoms with Gasteiger partial charge in [0.25, 0.3) is 0 Å². The Morgan fingerprint density at radius 2 is 1.92 bits per heavy atom. The van der Waals surface area contributed by atoms with Crippen molar-refractivity contribution in [2.75, 3.05) is 13.6 Å². The lowest BCUT2D eigenvalue weighted by molar-refractivity contribution is 0.0296. The van der Waals surface area contributed by atoms with Crippen LogP contribution in [0.2, 0.25) is 0 Å². The highest BCUT2D eigenvalue weighted by molar-refractivity contribution is 5.67. The van der Waals surface area contributed by atoms with Crippen LogP contribution in [0.5, 0.6) is 0 Å². The molecule has 0 saturated heterocycles. The van der Waals surface area contributed by atoms with Crippen LogP contribution < -0.4 is 0 Å². The van der Waals surface area contributed by atoms with Crippen molar-refractivity contribution in [1.29, 1.82) is 0 Å². The highest BCUT2D eigenvalue weighted by Gasteiger charge is 2.19. The molecular formula is C18H25N3O3. The lowest BCUT2D eigenvalue weighted by atomic mass is 10.1. The fourth-order valence-electron chi connectivity index (χ4n) is 2.07. The van der Waals surface area contributed by atoms with Crippen LogP contribution in [0.15, 0.2) is 28.8 Å². The molecule has 24 heavy (non-hydrogen) atoms. The summed E-state index contributed by atoms with van der Waals surface area (Å²) in [5, 5.41) is 4.01. The van der Waals surface area contributed by atoms with Gasteiger partial charge < -0.3 is 14.2 Å². The number of carbonyl (C=O) groups is 1. The minimum absolute atomic E-state index is 0.326. The smallest absolute Gasteiger partial charge is 0.410 e. The summed E-state index contributed by atoms with van der Waals surface area (Å²) in [5.74, 6) is 1.16. The Morgan fingerprint density at radius 3 is 2.54 bits per heavy atom. The number of aromatic nitrogens is 2. The third-order valence-corrected chi connectivity index (χ3v) is 3.37. The average Bonchev–Trinajstić information content (AvgIpc) is 2.95. The molecule has 0 saturated carbocycles. The van der Waals surface area contributed by atoms with Gasteiger partial charge in [-0.25, -0.2) is 4.79 Å². The summed E-state index contributed by atoms with van der Waals surface area (Å²) in [6, 6.07) is 7.98. The lowest BCUT2D eigenvalue weighted by Crippen LogP contribution is -2.34. The molecule has 0 aliphatic rings. The molecule has 2 rings (SSSR count). The average molecular weight is 331 g/mol. The molecule has 0 aliphatic carbocycles. The molecule has 1 amide bonds. The fraction of sp³-hybridized carbons (Fsp3) is 0.500. The summed E-state index contributed by atoms with van der Waals surface area (Å²) < 4.78 is 10.6. The van der Waals surface area contributed by atoms with Crippen molar-refractivity contribution in [2.45, 2.75) is 46.1 Å². The number of hydrogen-bond donors (Lipinski definition) is 0. The van der Waals surface area contributed by atoms with E-state index >= 15 is 0 Å². The van der Waals surface area contributed by atoms with Crippen molar-refractivity contribution >= 4 is 6.09 Å². The van der Waals surface area contributed by atoms with Crippen molar-refractivity contribution in [2.24, 2.45) is 0 Å². The quantitative estimate of drug-likeness (QED) is 0.832. The van der Waals surface area contributed by atoms with Gasteiger partial charge in [0.05, 0.1) is 0 Å². The molecule has 0 fully saturated rings. The molecule has 0 radical (unpaired) electrons. The van der Waals surface area contributed by atoms with Crippen molar-refractivity contribution in [3.8, 4) is 11.4 Å². The normalized spacial score (nSPS) is 11.4. The first-order valence-electron chi connectivity index (χ1n) is 8.08. The number of benzene rings is 1. The molecule has 0 spiro atoms. The van der Waals surface area contributed by atoms with Gasteiger partial charge in [-0.3, -0.25) is 0 Å². The summed E-state index contributed by atoms with van der Waals surface area (Å²) in [7, 11) is 1.72. The van der Waals surface area contributed by atoms with Gasteiger partial charge in [0.15, 0.2) is 0 Å². The van der Waals surface area contributed by atoms with Crippen molar-refractivity contribution < 1.29 is 14.1 Å². The van der Waals surface area contributed by atoms with Crippen molar-refractivity contribution in [1.82, 2.24) is 15.0 Å². The molecule has 1 heterocycles. The van der Waals surface area contributed by atoms with Gasteiger partial charge in [-0.1, -0.05) is 35.0 Å². The van der Waals surface area contributed by atoms with E-state index in [9.17, 15) is 4.79 Å². The fourth-order valence-corrected chi connectivity index (χ4v) is 2.07. The molecule has 0 bridgehead atoms. The minimum atomic E-state index is -0.485. The van der Waals surface area contributed by atoms with Gasteiger partial charge in [-0.15, -0.1) is 0 Å². The van der Waals surface area contributed by atoms with Crippen LogP contribution in [-0.2, 0) is 11.2 Å². The van der Waals surface area contributed by atoms with E-state index < -0.39 is 5.60 Å². The lowest BCUT2D eigenvalue weighted by Gasteiger charge is -2.24. The van der Waals surface area contributed by atoms with E-state index in [0.29, 0.717) is 24.7 Å². The molecule has 0 unspecified atom stereocenters. The van der Waals surface area contributed by atoms with E-state index in [1.807, 2.05) is 52.0 Å². The van der Waals surface area contributed by atoms with Crippen LogP contribution in [-0.4, -0.2) is 40.3 Å². The highest BCUT2D eigenvalue weighted by atomic mass is 16.6. The Balaban J connectivity index is 1.83. The van der Waals surface area contributed by atoms with E-state index in [2.05, 4.69) is 10.1 Å². The Hall–Kier alpha value is -2.37. The number of nitrogens with zero attached hydrogens (tertiary/aromatic N) is 3. The molecule has 1 aromatic heterocycles. The van der Waals surface area contributed by atoms with Crippen LogP contribution in [0.3, 0.4) is 0 Å². The molecule has 2 aromatic rings. The van der Waals surface area contributed by atoms with E-state index in [1.165, 1.54) is 5.56 Å². The number of ether oxygens (including phenoxy) is 1. The topological polar surface area (TPSA) is 68.5 Å². The Labute approximate surface area is 142 Å². The van der Waals surface area contributed by atoms with E-state index in [0.717, 1.165) is 12.0 Å². The largest absolute Gasteiger partial charge is 0.444 e. The predicted octanol–water partition coefficient (Wildman–Crippen LogP) is 3.84. The van der Waals surface area contributed by atoms with Gasteiger partial charge in [-0.05, 0) is 34.1 Å². The SMILES string of the molecule is Cc1ccc(-c2noc(CCCN(C)C(=O)OC(C)(C)C)n2)cc1. The summed E-state index contributed by atoms with van der Waals surface area (Å²) in [6.07, 6.45) is 1.02. The molecule has 0 N–H and O–H groups in total. The van der Waals surface area contributed by atoms with Crippen LogP contribution >= 0.6 is 0 Å². The third kappa shape index (κ3) is 5.37. The van der Waals surface area contributed by atoms with Gasteiger partial charge >= 0.3 is 6.09 Å². The first-order chi connectivity index (χ1) is 11.2. The third-order valence-electron chi connectivity index (χ3n) is 3.37. The zero-order valence-electron chi connectivity index (χ0n) is 15.0. The number of amides is 1. The van der Waals surface area contributed by atoms with E-state index in [-0.39, 0.29) is 6.09 Å². The second kappa shape index (κ2) is 7.47.